The summed E-state index contributed by atoms with van der Waals surface area (Å²) >= 11 is 1.60. The van der Waals surface area contributed by atoms with Gasteiger partial charge >= 0.3 is 6.09 Å². The number of para-hydroxylation sites is 1. The van der Waals surface area contributed by atoms with Crippen LogP contribution in [-0.2, 0) is 6.42 Å². The topological polar surface area (TPSA) is 53.0 Å². The lowest BCUT2D eigenvalue weighted by Crippen LogP contribution is -2.32. The van der Waals surface area contributed by atoms with Gasteiger partial charge in [0.25, 0.3) is 0 Å². The number of carboxylic acid groups (broad SMARTS) is 1. The van der Waals surface area contributed by atoms with E-state index >= 15 is 0 Å². The van der Waals surface area contributed by atoms with Crippen molar-refractivity contribution in [1.82, 2.24) is 4.31 Å². The van der Waals surface area contributed by atoms with Crippen LogP contribution >= 0.6 is 11.9 Å². The summed E-state index contributed by atoms with van der Waals surface area (Å²) in [5, 5.41) is 9.79. The highest BCUT2D eigenvalue weighted by molar-refractivity contribution is 7.97. The van der Waals surface area contributed by atoms with Crippen molar-refractivity contribution in [3.05, 3.63) is 23.8 Å². The fraction of sp³-hybridized carbons (Fsp3) is 0.650. The SMILES string of the molecule is CCCCN(CCCC)SCN(C(=O)O)c1cccc2c1OC(C)(C)C2. The van der Waals surface area contributed by atoms with Crippen LogP contribution < -0.4 is 9.64 Å². The number of anilines is 1. The Bertz CT molecular complexity index is 599. The predicted molar refractivity (Wildman–Crippen MR) is 109 cm³/mol. The van der Waals surface area contributed by atoms with Gasteiger partial charge in [0.2, 0.25) is 0 Å². The monoisotopic (exact) mass is 380 g/mol. The van der Waals surface area contributed by atoms with E-state index in [0.29, 0.717) is 17.3 Å². The lowest BCUT2D eigenvalue weighted by Gasteiger charge is -2.26. The number of ether oxygens (including phenoxy) is 1. The number of carbonyl (C=O) groups is 1. The van der Waals surface area contributed by atoms with Gasteiger partial charge in [0.05, 0.1) is 11.6 Å². The average Bonchev–Trinajstić information content (AvgIpc) is 2.91. The Kier molecular flexibility index (Phi) is 7.65. The molecule has 2 rings (SSSR count). The number of rotatable bonds is 10. The highest BCUT2D eigenvalue weighted by Gasteiger charge is 2.34. The van der Waals surface area contributed by atoms with Crippen molar-refractivity contribution in [3.63, 3.8) is 0 Å². The third-order valence-electron chi connectivity index (χ3n) is 4.48. The maximum atomic E-state index is 11.9. The largest absolute Gasteiger partial charge is 0.485 e. The fourth-order valence-electron chi connectivity index (χ4n) is 3.09. The van der Waals surface area contributed by atoms with Crippen molar-refractivity contribution in [1.29, 1.82) is 0 Å². The Labute approximate surface area is 161 Å². The minimum atomic E-state index is -0.940. The van der Waals surface area contributed by atoms with Gasteiger partial charge in [-0.1, -0.05) is 50.8 Å². The molecule has 1 aromatic rings. The van der Waals surface area contributed by atoms with Gasteiger partial charge in [-0.3, -0.25) is 4.90 Å². The quantitative estimate of drug-likeness (QED) is 0.435. The maximum absolute atomic E-state index is 11.9. The van der Waals surface area contributed by atoms with E-state index in [4.69, 9.17) is 4.74 Å². The highest BCUT2D eigenvalue weighted by atomic mass is 32.2. The summed E-state index contributed by atoms with van der Waals surface area (Å²) in [4.78, 5) is 13.4. The molecule has 0 aliphatic carbocycles. The van der Waals surface area contributed by atoms with Crippen molar-refractivity contribution < 1.29 is 14.6 Å². The molecule has 0 radical (unpaired) electrons. The number of fused-ring (bicyclic) bond motifs is 1. The molecule has 1 amide bonds. The molecule has 1 heterocycles. The minimum absolute atomic E-state index is 0.288. The Morgan fingerprint density at radius 3 is 2.46 bits per heavy atom. The van der Waals surface area contributed by atoms with E-state index in [0.717, 1.165) is 50.8 Å². The molecule has 0 saturated heterocycles. The van der Waals surface area contributed by atoms with Crippen LogP contribution in [0.4, 0.5) is 10.5 Å². The van der Waals surface area contributed by atoms with Crippen LogP contribution in [0.3, 0.4) is 0 Å². The second kappa shape index (κ2) is 9.51. The summed E-state index contributed by atoms with van der Waals surface area (Å²) in [6.45, 7) is 10.4. The van der Waals surface area contributed by atoms with Gasteiger partial charge in [-0.25, -0.2) is 9.10 Å². The zero-order valence-electron chi connectivity index (χ0n) is 16.5. The number of nitrogens with zero attached hydrogens (tertiary/aromatic N) is 2. The number of hydrogen-bond donors (Lipinski definition) is 1. The van der Waals surface area contributed by atoms with E-state index in [1.165, 1.54) is 4.90 Å². The van der Waals surface area contributed by atoms with Gasteiger partial charge in [0.1, 0.15) is 11.4 Å². The van der Waals surface area contributed by atoms with Gasteiger partial charge in [-0.2, -0.15) is 0 Å². The first-order valence-corrected chi connectivity index (χ1v) is 10.5. The van der Waals surface area contributed by atoms with Crippen LogP contribution in [0, 0.1) is 0 Å². The number of unbranched alkanes of at least 4 members (excludes halogenated alkanes) is 2. The Hall–Kier alpha value is -1.40. The molecule has 0 saturated carbocycles. The van der Waals surface area contributed by atoms with E-state index in [-0.39, 0.29) is 5.60 Å². The molecule has 1 N–H and O–H groups in total. The zero-order chi connectivity index (χ0) is 19.2. The molecular formula is C20H32N2O3S. The molecule has 1 aromatic carbocycles. The second-order valence-corrected chi connectivity index (χ2v) is 8.44. The molecular weight excluding hydrogens is 348 g/mol. The Balaban J connectivity index is 2.12. The Morgan fingerprint density at radius 1 is 1.23 bits per heavy atom. The van der Waals surface area contributed by atoms with Crippen molar-refractivity contribution in [2.24, 2.45) is 0 Å². The van der Waals surface area contributed by atoms with Crippen molar-refractivity contribution in [2.75, 3.05) is 23.9 Å². The van der Waals surface area contributed by atoms with Crippen molar-refractivity contribution >= 4 is 23.7 Å². The number of amides is 1. The minimum Gasteiger partial charge on any atom is -0.485 e. The summed E-state index contributed by atoms with van der Waals surface area (Å²) in [5.74, 6) is 1.09. The van der Waals surface area contributed by atoms with Crippen LogP contribution in [0.5, 0.6) is 5.75 Å². The van der Waals surface area contributed by atoms with Gasteiger partial charge in [-0.05, 0) is 32.8 Å². The van der Waals surface area contributed by atoms with Gasteiger partial charge in [0, 0.05) is 25.1 Å². The molecule has 0 fully saturated rings. The maximum Gasteiger partial charge on any atom is 0.412 e. The third-order valence-corrected chi connectivity index (χ3v) is 5.59. The Morgan fingerprint density at radius 2 is 1.88 bits per heavy atom. The predicted octanol–water partition coefficient (Wildman–Crippen LogP) is 5.39. The number of benzene rings is 1. The molecule has 0 unspecified atom stereocenters. The molecule has 6 heteroatoms. The molecule has 0 bridgehead atoms. The zero-order valence-corrected chi connectivity index (χ0v) is 17.3. The van der Waals surface area contributed by atoms with E-state index in [9.17, 15) is 9.90 Å². The highest BCUT2D eigenvalue weighted by Crippen LogP contribution is 2.42. The molecule has 26 heavy (non-hydrogen) atoms. The van der Waals surface area contributed by atoms with E-state index in [1.807, 2.05) is 32.0 Å². The van der Waals surface area contributed by atoms with Gasteiger partial charge < -0.3 is 9.84 Å². The van der Waals surface area contributed by atoms with E-state index in [2.05, 4.69) is 18.2 Å². The molecule has 0 aromatic heterocycles. The normalized spacial score (nSPS) is 15.0. The molecule has 1 aliphatic rings. The van der Waals surface area contributed by atoms with Crippen LogP contribution in [-0.4, -0.2) is 40.1 Å². The fourth-order valence-corrected chi connectivity index (χ4v) is 4.13. The van der Waals surface area contributed by atoms with Crippen LogP contribution in [0.1, 0.15) is 58.9 Å². The third kappa shape index (κ3) is 5.55. The van der Waals surface area contributed by atoms with E-state index < -0.39 is 6.09 Å². The first-order chi connectivity index (χ1) is 12.4. The summed E-state index contributed by atoms with van der Waals surface area (Å²) < 4.78 is 8.37. The average molecular weight is 381 g/mol. The lowest BCUT2D eigenvalue weighted by molar-refractivity contribution is 0.138. The second-order valence-electron chi connectivity index (χ2n) is 7.41. The van der Waals surface area contributed by atoms with E-state index in [1.54, 1.807) is 11.9 Å². The molecule has 0 atom stereocenters. The first kappa shape index (κ1) is 20.9. The van der Waals surface area contributed by atoms with Crippen LogP contribution in [0.2, 0.25) is 0 Å². The summed E-state index contributed by atoms with van der Waals surface area (Å²) in [7, 11) is 0. The van der Waals surface area contributed by atoms with Crippen LogP contribution in [0.25, 0.3) is 0 Å². The smallest absolute Gasteiger partial charge is 0.412 e. The first-order valence-electron chi connectivity index (χ1n) is 9.57. The molecule has 5 nitrogen and oxygen atoms in total. The van der Waals surface area contributed by atoms with Gasteiger partial charge in [-0.15, -0.1) is 0 Å². The number of hydrogen-bond acceptors (Lipinski definition) is 4. The van der Waals surface area contributed by atoms with Crippen molar-refractivity contribution in [3.8, 4) is 5.75 Å². The lowest BCUT2D eigenvalue weighted by atomic mass is 10.0. The van der Waals surface area contributed by atoms with Crippen LogP contribution in [0.15, 0.2) is 18.2 Å². The summed E-state index contributed by atoms with van der Waals surface area (Å²) in [5.41, 5.74) is 1.45. The van der Waals surface area contributed by atoms with Crippen molar-refractivity contribution in [2.45, 2.75) is 65.4 Å². The summed E-state index contributed by atoms with van der Waals surface area (Å²) in [6.07, 6.45) is 4.40. The van der Waals surface area contributed by atoms with Gasteiger partial charge in [0.15, 0.2) is 0 Å². The standard InChI is InChI=1S/C20H32N2O3S/c1-5-7-12-21(13-8-6-2)26-15-22(19(23)24)17-11-9-10-16-14-20(3,4)25-18(16)17/h9-11H,5-8,12-15H2,1-4H3,(H,23,24). The molecule has 146 valence electrons. The molecule has 1 aliphatic heterocycles. The summed E-state index contributed by atoms with van der Waals surface area (Å²) in [6, 6.07) is 5.79. The molecule has 0 spiro atoms.